The number of benzene rings is 2. The normalized spacial score (nSPS) is 10.9. The standard InChI is InChI=1S/C11H16NO3PS.C6H5NO2S.C6H15OP/c1-3-16(15,4-2)9-17-11-7-5-10(6-8-11)12(13)14;8-7(9)5-1-3-6(10)4-2-5;1-4-8(7,5-2)6-3/h5-8H,3-4,9H2,1-2H3;1-4,10H;4-6H2,1-3H3. The fourth-order valence-corrected chi connectivity index (χ4v) is 7.77. The third kappa shape index (κ3) is 13.3. The molecule has 8 nitrogen and oxygen atoms in total. The molecular formula is C23H36N2O6P2S2. The lowest BCUT2D eigenvalue weighted by Gasteiger charge is -2.13. The molecule has 0 radical (unpaired) electrons. The minimum absolute atomic E-state index is 0.0866. The van der Waals surface area contributed by atoms with Crippen LogP contribution in [0.4, 0.5) is 11.4 Å². The maximum Gasteiger partial charge on any atom is 0.269 e. The van der Waals surface area contributed by atoms with E-state index in [1.54, 1.807) is 24.3 Å². The van der Waals surface area contributed by atoms with Crippen molar-refractivity contribution in [2.75, 3.05) is 36.3 Å². The van der Waals surface area contributed by atoms with Crippen molar-refractivity contribution >= 4 is 50.0 Å². The van der Waals surface area contributed by atoms with Gasteiger partial charge in [0.15, 0.2) is 0 Å². The summed E-state index contributed by atoms with van der Waals surface area (Å²) in [5, 5.41) is 20.6. The van der Waals surface area contributed by atoms with Gasteiger partial charge in [0, 0.05) is 34.1 Å². The highest BCUT2D eigenvalue weighted by Gasteiger charge is 2.17. The first-order valence-electron chi connectivity index (χ1n) is 11.3. The summed E-state index contributed by atoms with van der Waals surface area (Å²) >= 11 is 5.49. The second kappa shape index (κ2) is 17.0. The van der Waals surface area contributed by atoms with E-state index in [0.717, 1.165) is 28.3 Å². The number of thioether (sulfide) groups is 1. The van der Waals surface area contributed by atoms with E-state index in [-0.39, 0.29) is 11.4 Å². The van der Waals surface area contributed by atoms with Gasteiger partial charge in [-0.05, 0) is 55.1 Å². The smallest absolute Gasteiger partial charge is 0.269 e. The van der Waals surface area contributed by atoms with Crippen molar-refractivity contribution in [3.05, 3.63) is 68.8 Å². The van der Waals surface area contributed by atoms with E-state index in [0.29, 0.717) is 17.8 Å². The van der Waals surface area contributed by atoms with Crippen LogP contribution in [0, 0.1) is 20.2 Å². The molecule has 12 heteroatoms. The number of hydrogen-bond donors (Lipinski definition) is 1. The highest BCUT2D eigenvalue weighted by atomic mass is 32.2. The Kier molecular flexibility index (Phi) is 16.2. The first kappa shape index (κ1) is 33.4. The summed E-state index contributed by atoms with van der Waals surface area (Å²) in [7, 11) is -3.71. The predicted molar refractivity (Wildman–Crippen MR) is 152 cm³/mol. The number of hydrogen-bond acceptors (Lipinski definition) is 8. The zero-order valence-electron chi connectivity index (χ0n) is 21.0. The van der Waals surface area contributed by atoms with Crippen molar-refractivity contribution < 1.29 is 19.0 Å². The van der Waals surface area contributed by atoms with Gasteiger partial charge >= 0.3 is 0 Å². The van der Waals surface area contributed by atoms with E-state index in [1.807, 2.05) is 34.6 Å². The molecule has 0 bridgehead atoms. The van der Waals surface area contributed by atoms with Gasteiger partial charge in [-0.2, -0.15) is 0 Å². The second-order valence-electron chi connectivity index (χ2n) is 7.50. The minimum Gasteiger partial charge on any atom is -0.324 e. The van der Waals surface area contributed by atoms with Gasteiger partial charge in [0.1, 0.15) is 0 Å². The zero-order chi connectivity index (χ0) is 27.1. The Bertz CT molecular complexity index is 991. The van der Waals surface area contributed by atoms with Crippen LogP contribution in [0.25, 0.3) is 0 Å². The molecule has 2 aromatic carbocycles. The van der Waals surface area contributed by atoms with Crippen molar-refractivity contribution in [2.45, 2.75) is 44.4 Å². The largest absolute Gasteiger partial charge is 0.324 e. The topological polar surface area (TPSA) is 120 Å². The van der Waals surface area contributed by atoms with Crippen LogP contribution >= 0.6 is 38.7 Å². The molecule has 2 rings (SSSR count). The summed E-state index contributed by atoms with van der Waals surface area (Å²) in [4.78, 5) is 21.4. The maximum absolute atomic E-state index is 12.2. The second-order valence-corrected chi connectivity index (χ2v) is 17.2. The molecule has 2 aromatic rings. The van der Waals surface area contributed by atoms with Gasteiger partial charge in [0.05, 0.1) is 29.6 Å². The molecule has 0 aliphatic rings. The SMILES string of the molecule is CCP(=O)(CC)CC.CCP(=O)(CC)CSc1ccc([N+](=O)[O-])cc1.O=[N+]([O-])c1ccc(S)cc1. The molecule has 0 heterocycles. The Morgan fingerprint density at radius 1 is 0.686 bits per heavy atom. The summed E-state index contributed by atoms with van der Waals surface area (Å²) < 4.78 is 23.5. The fraction of sp³-hybridized carbons (Fsp3) is 0.478. The van der Waals surface area contributed by atoms with Crippen LogP contribution in [0.15, 0.2) is 58.3 Å². The summed E-state index contributed by atoms with van der Waals surface area (Å²) in [5.41, 5.74) is 0.791. The van der Waals surface area contributed by atoms with Gasteiger partial charge in [0.2, 0.25) is 0 Å². The average molecular weight is 563 g/mol. The first-order chi connectivity index (χ1) is 16.4. The number of nitrogens with zero attached hydrogens (tertiary/aromatic N) is 2. The van der Waals surface area contributed by atoms with Crippen LogP contribution < -0.4 is 0 Å². The van der Waals surface area contributed by atoms with E-state index in [4.69, 9.17) is 0 Å². The molecule has 0 spiro atoms. The van der Waals surface area contributed by atoms with Gasteiger partial charge in [-0.3, -0.25) is 20.2 Å². The Morgan fingerprint density at radius 2 is 1.03 bits per heavy atom. The first-order valence-corrected chi connectivity index (χ1v) is 17.3. The number of non-ortho nitro benzene ring substituents is 2. The molecule has 0 fully saturated rings. The van der Waals surface area contributed by atoms with Gasteiger partial charge in [-0.1, -0.05) is 34.6 Å². The van der Waals surface area contributed by atoms with E-state index in [9.17, 15) is 29.4 Å². The molecule has 0 aromatic heterocycles. The van der Waals surface area contributed by atoms with Crippen LogP contribution in [-0.4, -0.2) is 46.2 Å². The quantitative estimate of drug-likeness (QED) is 0.102. The minimum atomic E-state index is -2.05. The average Bonchev–Trinajstić information content (AvgIpc) is 2.88. The predicted octanol–water partition coefficient (Wildman–Crippen LogP) is 8.34. The summed E-state index contributed by atoms with van der Waals surface area (Å²) in [6, 6.07) is 12.4. The molecule has 0 N–H and O–H groups in total. The van der Waals surface area contributed by atoms with Crippen molar-refractivity contribution in [1.82, 2.24) is 0 Å². The molecule has 0 aliphatic carbocycles. The van der Waals surface area contributed by atoms with Gasteiger partial charge in [0.25, 0.3) is 11.4 Å². The van der Waals surface area contributed by atoms with Crippen LogP contribution in [0.2, 0.25) is 0 Å². The molecule has 0 amide bonds. The Hall–Kier alpha value is -1.60. The van der Waals surface area contributed by atoms with Crippen molar-refractivity contribution in [1.29, 1.82) is 0 Å². The van der Waals surface area contributed by atoms with Crippen molar-refractivity contribution in [2.24, 2.45) is 0 Å². The van der Waals surface area contributed by atoms with E-state index in [2.05, 4.69) is 12.6 Å². The lowest BCUT2D eigenvalue weighted by Crippen LogP contribution is -1.92. The third-order valence-electron chi connectivity index (χ3n) is 5.46. The van der Waals surface area contributed by atoms with Crippen LogP contribution in [-0.2, 0) is 9.13 Å². The van der Waals surface area contributed by atoms with Gasteiger partial charge in [-0.15, -0.1) is 24.4 Å². The summed E-state index contributed by atoms with van der Waals surface area (Å²) in [6.45, 7) is 9.91. The van der Waals surface area contributed by atoms with Crippen LogP contribution in [0.5, 0.6) is 0 Å². The molecule has 0 saturated carbocycles. The van der Waals surface area contributed by atoms with Crippen LogP contribution in [0.3, 0.4) is 0 Å². The van der Waals surface area contributed by atoms with E-state index in [1.165, 1.54) is 36.0 Å². The third-order valence-corrected chi connectivity index (χ3v) is 14.5. The monoisotopic (exact) mass is 562 g/mol. The number of thiol groups is 1. The van der Waals surface area contributed by atoms with E-state index < -0.39 is 24.1 Å². The molecule has 0 atom stereocenters. The lowest BCUT2D eigenvalue weighted by molar-refractivity contribution is -0.385. The highest BCUT2D eigenvalue weighted by molar-refractivity contribution is 8.05. The van der Waals surface area contributed by atoms with Gasteiger partial charge < -0.3 is 9.13 Å². The lowest BCUT2D eigenvalue weighted by atomic mass is 10.3. The van der Waals surface area contributed by atoms with Gasteiger partial charge in [-0.25, -0.2) is 0 Å². The molecule has 0 unspecified atom stereocenters. The Balaban J connectivity index is 0.000000545. The number of rotatable bonds is 10. The molecule has 35 heavy (non-hydrogen) atoms. The zero-order valence-corrected chi connectivity index (χ0v) is 24.5. The van der Waals surface area contributed by atoms with Crippen molar-refractivity contribution in [3.8, 4) is 0 Å². The van der Waals surface area contributed by atoms with Crippen LogP contribution in [0.1, 0.15) is 34.6 Å². The Morgan fingerprint density at radius 3 is 1.31 bits per heavy atom. The summed E-state index contributed by atoms with van der Waals surface area (Å²) in [5.74, 6) is 0. The fourth-order valence-electron chi connectivity index (χ4n) is 2.51. The molecule has 0 aliphatic heterocycles. The van der Waals surface area contributed by atoms with E-state index >= 15 is 0 Å². The number of nitro benzene ring substituents is 2. The Labute approximate surface area is 218 Å². The highest BCUT2D eigenvalue weighted by Crippen LogP contribution is 2.49. The summed E-state index contributed by atoms with van der Waals surface area (Å²) in [6.07, 6.45) is 4.05. The molecule has 196 valence electrons. The number of nitro groups is 2. The molecular weight excluding hydrogens is 526 g/mol. The molecule has 0 saturated heterocycles. The maximum atomic E-state index is 12.2. The van der Waals surface area contributed by atoms with Crippen molar-refractivity contribution in [3.63, 3.8) is 0 Å².